The topological polar surface area (TPSA) is 26.0 Å². The van der Waals surface area contributed by atoms with Gasteiger partial charge in [0.2, 0.25) is 0 Å². The summed E-state index contributed by atoms with van der Waals surface area (Å²) in [6, 6.07) is 8.22. The Labute approximate surface area is 59.4 Å². The zero-order chi connectivity index (χ0) is 6.69. The number of nitrogens with two attached hydrogens (primary N) is 1. The lowest BCUT2D eigenvalue weighted by Gasteiger charge is -1.96. The van der Waals surface area contributed by atoms with E-state index in [1.165, 1.54) is 0 Å². The van der Waals surface area contributed by atoms with Crippen molar-refractivity contribution in [3.05, 3.63) is 34.9 Å². The summed E-state index contributed by atoms with van der Waals surface area (Å²) in [6.45, 7) is 0.494. The van der Waals surface area contributed by atoms with E-state index >= 15 is 0 Å². The SMILES string of the molecule is NCc1cc[c]cc1Cl. The smallest absolute Gasteiger partial charge is 0.0457 e. The molecule has 0 bridgehead atoms. The average molecular weight is 141 g/mol. The van der Waals surface area contributed by atoms with Gasteiger partial charge in [0.1, 0.15) is 0 Å². The summed E-state index contributed by atoms with van der Waals surface area (Å²) in [4.78, 5) is 0. The van der Waals surface area contributed by atoms with Crippen LogP contribution in [0.3, 0.4) is 0 Å². The van der Waals surface area contributed by atoms with Crippen LogP contribution < -0.4 is 5.73 Å². The first-order valence-electron chi connectivity index (χ1n) is 2.69. The molecule has 0 spiro atoms. The molecular weight excluding hydrogens is 134 g/mol. The molecule has 0 unspecified atom stereocenters. The average Bonchev–Trinajstić information content (AvgIpc) is 1.89. The lowest BCUT2D eigenvalue weighted by molar-refractivity contribution is 1.07. The molecule has 1 rings (SSSR count). The van der Waals surface area contributed by atoms with Gasteiger partial charge in [-0.1, -0.05) is 23.7 Å². The first kappa shape index (κ1) is 6.59. The fraction of sp³-hybridized carbons (Fsp3) is 0.143. The first-order valence-corrected chi connectivity index (χ1v) is 3.07. The lowest BCUT2D eigenvalue weighted by Crippen LogP contribution is -1.95. The van der Waals surface area contributed by atoms with E-state index in [2.05, 4.69) is 6.07 Å². The van der Waals surface area contributed by atoms with E-state index in [-0.39, 0.29) is 0 Å². The first-order chi connectivity index (χ1) is 4.34. The molecule has 0 aliphatic heterocycles. The maximum atomic E-state index is 5.71. The molecule has 1 aromatic rings. The van der Waals surface area contributed by atoms with Crippen LogP contribution in [0.4, 0.5) is 0 Å². The van der Waals surface area contributed by atoms with Gasteiger partial charge in [0.05, 0.1) is 0 Å². The maximum absolute atomic E-state index is 5.71. The molecule has 9 heavy (non-hydrogen) atoms. The predicted octanol–water partition coefficient (Wildman–Crippen LogP) is 1.60. The van der Waals surface area contributed by atoms with Crippen molar-refractivity contribution < 1.29 is 0 Å². The Balaban J connectivity index is 3.01. The van der Waals surface area contributed by atoms with Gasteiger partial charge in [-0.3, -0.25) is 0 Å². The molecule has 0 aliphatic carbocycles. The minimum atomic E-state index is 0.494. The summed E-state index contributed by atoms with van der Waals surface area (Å²) in [5.74, 6) is 0. The van der Waals surface area contributed by atoms with E-state index in [9.17, 15) is 0 Å². The van der Waals surface area contributed by atoms with Crippen LogP contribution in [0.1, 0.15) is 5.56 Å². The van der Waals surface area contributed by atoms with Gasteiger partial charge >= 0.3 is 0 Å². The summed E-state index contributed by atoms with van der Waals surface area (Å²) in [5, 5.41) is 0.694. The standard InChI is InChI=1S/C7H7ClN/c8-7-4-2-1-3-6(7)5-9/h1,3-4H,5,9H2. The zero-order valence-corrected chi connectivity index (χ0v) is 5.65. The summed E-state index contributed by atoms with van der Waals surface area (Å²) in [7, 11) is 0. The molecule has 1 nitrogen and oxygen atoms in total. The van der Waals surface area contributed by atoms with Crippen molar-refractivity contribution in [2.75, 3.05) is 0 Å². The van der Waals surface area contributed by atoms with Crippen molar-refractivity contribution in [2.45, 2.75) is 6.54 Å². The predicted molar refractivity (Wildman–Crippen MR) is 38.2 cm³/mol. The van der Waals surface area contributed by atoms with Gasteiger partial charge in [-0.2, -0.15) is 0 Å². The molecule has 47 valence electrons. The van der Waals surface area contributed by atoms with Crippen LogP contribution in [0.2, 0.25) is 5.02 Å². The van der Waals surface area contributed by atoms with Gasteiger partial charge in [0, 0.05) is 11.6 Å². The van der Waals surface area contributed by atoms with Crippen molar-refractivity contribution in [2.24, 2.45) is 5.73 Å². The molecule has 0 amide bonds. The molecule has 0 aromatic heterocycles. The minimum absolute atomic E-state index is 0.494. The van der Waals surface area contributed by atoms with E-state index in [0.717, 1.165) is 5.56 Å². The lowest BCUT2D eigenvalue weighted by atomic mass is 10.2. The highest BCUT2D eigenvalue weighted by Crippen LogP contribution is 2.12. The van der Waals surface area contributed by atoms with Crippen LogP contribution in [-0.4, -0.2) is 0 Å². The van der Waals surface area contributed by atoms with Gasteiger partial charge in [-0.15, -0.1) is 0 Å². The molecule has 0 aliphatic rings. The highest BCUT2D eigenvalue weighted by molar-refractivity contribution is 6.31. The fourth-order valence-electron chi connectivity index (χ4n) is 0.608. The van der Waals surface area contributed by atoms with Gasteiger partial charge in [-0.25, -0.2) is 0 Å². The molecule has 0 atom stereocenters. The van der Waals surface area contributed by atoms with Crippen LogP contribution in [0.5, 0.6) is 0 Å². The third-order valence-corrected chi connectivity index (χ3v) is 1.47. The Morgan fingerprint density at radius 1 is 1.67 bits per heavy atom. The molecule has 0 saturated carbocycles. The van der Waals surface area contributed by atoms with E-state index in [4.69, 9.17) is 17.3 Å². The summed E-state index contributed by atoms with van der Waals surface area (Å²) < 4.78 is 0. The number of rotatable bonds is 1. The third-order valence-electron chi connectivity index (χ3n) is 1.12. The zero-order valence-electron chi connectivity index (χ0n) is 4.89. The minimum Gasteiger partial charge on any atom is -0.326 e. The normalized spacial score (nSPS) is 9.56. The molecular formula is C7H7ClN. The van der Waals surface area contributed by atoms with Gasteiger partial charge in [0.15, 0.2) is 0 Å². The number of hydrogen-bond donors (Lipinski definition) is 1. The van der Waals surface area contributed by atoms with Crippen LogP contribution in [0.25, 0.3) is 0 Å². The molecule has 0 fully saturated rings. The van der Waals surface area contributed by atoms with Crippen LogP contribution >= 0.6 is 11.6 Å². The second-order valence-corrected chi connectivity index (χ2v) is 2.13. The summed E-state index contributed by atoms with van der Waals surface area (Å²) >= 11 is 5.71. The fourth-order valence-corrected chi connectivity index (χ4v) is 0.811. The monoisotopic (exact) mass is 140 g/mol. The number of benzene rings is 1. The van der Waals surface area contributed by atoms with E-state index < -0.39 is 0 Å². The Morgan fingerprint density at radius 2 is 2.44 bits per heavy atom. The Bertz CT molecular complexity index is 198. The second kappa shape index (κ2) is 2.85. The van der Waals surface area contributed by atoms with E-state index in [1.54, 1.807) is 12.1 Å². The highest BCUT2D eigenvalue weighted by Gasteiger charge is 1.92. The third kappa shape index (κ3) is 1.44. The van der Waals surface area contributed by atoms with Crippen molar-refractivity contribution >= 4 is 11.6 Å². The van der Waals surface area contributed by atoms with E-state index in [1.807, 2.05) is 6.07 Å². The van der Waals surface area contributed by atoms with Gasteiger partial charge in [-0.05, 0) is 17.7 Å². The quantitative estimate of drug-likeness (QED) is 0.630. The number of halogens is 1. The van der Waals surface area contributed by atoms with E-state index in [0.29, 0.717) is 11.6 Å². The van der Waals surface area contributed by atoms with Gasteiger partial charge in [0.25, 0.3) is 0 Å². The molecule has 2 N–H and O–H groups in total. The Hall–Kier alpha value is -0.530. The molecule has 0 heterocycles. The maximum Gasteiger partial charge on any atom is 0.0457 e. The second-order valence-electron chi connectivity index (χ2n) is 1.72. The van der Waals surface area contributed by atoms with Crippen molar-refractivity contribution in [1.29, 1.82) is 0 Å². The molecule has 1 aromatic carbocycles. The largest absolute Gasteiger partial charge is 0.326 e. The number of hydrogen-bond acceptors (Lipinski definition) is 1. The van der Waals surface area contributed by atoms with Crippen LogP contribution in [-0.2, 0) is 6.54 Å². The molecule has 0 saturated heterocycles. The highest BCUT2D eigenvalue weighted by atomic mass is 35.5. The van der Waals surface area contributed by atoms with Crippen molar-refractivity contribution in [3.63, 3.8) is 0 Å². The molecule has 1 radical (unpaired) electrons. The summed E-state index contributed by atoms with van der Waals surface area (Å²) in [5.41, 5.74) is 6.32. The van der Waals surface area contributed by atoms with Crippen LogP contribution in [0, 0.1) is 6.07 Å². The van der Waals surface area contributed by atoms with Gasteiger partial charge < -0.3 is 5.73 Å². The Kier molecular flexibility index (Phi) is 2.09. The Morgan fingerprint density at radius 3 is 2.89 bits per heavy atom. The summed E-state index contributed by atoms with van der Waals surface area (Å²) in [6.07, 6.45) is 0. The van der Waals surface area contributed by atoms with Crippen LogP contribution in [0.15, 0.2) is 18.2 Å². The molecule has 2 heteroatoms. The van der Waals surface area contributed by atoms with Crippen molar-refractivity contribution in [1.82, 2.24) is 0 Å². The van der Waals surface area contributed by atoms with Crippen molar-refractivity contribution in [3.8, 4) is 0 Å².